The van der Waals surface area contributed by atoms with Gasteiger partial charge in [0.25, 0.3) is 0 Å². The number of anilines is 1. The van der Waals surface area contributed by atoms with E-state index in [1.807, 2.05) is 13.0 Å². The van der Waals surface area contributed by atoms with E-state index in [-0.39, 0.29) is 17.9 Å². The zero-order chi connectivity index (χ0) is 20.7. The molecule has 0 fully saturated rings. The van der Waals surface area contributed by atoms with Crippen LogP contribution >= 0.6 is 0 Å². The van der Waals surface area contributed by atoms with Crippen molar-refractivity contribution in [2.45, 2.75) is 40.2 Å². The first-order valence-corrected chi connectivity index (χ1v) is 10.9. The number of aromatic carboxylic acids is 1. The molecule has 0 aliphatic heterocycles. The molecule has 7 heteroatoms. The van der Waals surface area contributed by atoms with E-state index in [2.05, 4.69) is 18.6 Å². The largest absolute Gasteiger partial charge is 0.487 e. The van der Waals surface area contributed by atoms with Crippen LogP contribution in [0, 0.1) is 12.8 Å². The minimum atomic E-state index is -3.46. The van der Waals surface area contributed by atoms with Gasteiger partial charge in [0.2, 0.25) is 10.0 Å². The first kappa shape index (κ1) is 21.8. The van der Waals surface area contributed by atoms with Gasteiger partial charge in [0.15, 0.2) is 0 Å². The molecule has 0 saturated carbocycles. The van der Waals surface area contributed by atoms with E-state index in [1.54, 1.807) is 24.3 Å². The zero-order valence-electron chi connectivity index (χ0n) is 16.4. The number of sulfonamides is 1. The zero-order valence-corrected chi connectivity index (χ0v) is 17.3. The molecule has 0 aliphatic rings. The van der Waals surface area contributed by atoms with E-state index < -0.39 is 16.0 Å². The second kappa shape index (κ2) is 9.59. The normalized spacial score (nSPS) is 11.4. The Balaban J connectivity index is 2.08. The summed E-state index contributed by atoms with van der Waals surface area (Å²) in [5.41, 5.74) is 2.34. The highest BCUT2D eigenvalue weighted by molar-refractivity contribution is 7.92. The quantitative estimate of drug-likeness (QED) is 0.609. The summed E-state index contributed by atoms with van der Waals surface area (Å²) < 4.78 is 33.2. The maximum absolute atomic E-state index is 12.4. The van der Waals surface area contributed by atoms with Crippen LogP contribution in [0.1, 0.15) is 48.2 Å². The number of rotatable bonds is 10. The molecule has 2 aromatic rings. The van der Waals surface area contributed by atoms with Gasteiger partial charge in [0.1, 0.15) is 12.4 Å². The number of hydrogen-bond donors (Lipinski definition) is 2. The summed E-state index contributed by atoms with van der Waals surface area (Å²) in [6, 6.07) is 11.7. The van der Waals surface area contributed by atoms with Gasteiger partial charge < -0.3 is 9.84 Å². The fourth-order valence-electron chi connectivity index (χ4n) is 2.64. The van der Waals surface area contributed by atoms with Gasteiger partial charge in [-0.3, -0.25) is 4.72 Å². The molecule has 28 heavy (non-hydrogen) atoms. The Labute approximate surface area is 166 Å². The van der Waals surface area contributed by atoms with Crippen LogP contribution in [0.3, 0.4) is 0 Å². The van der Waals surface area contributed by atoms with Crippen molar-refractivity contribution in [3.05, 3.63) is 59.2 Å². The minimum absolute atomic E-state index is 0.0646. The van der Waals surface area contributed by atoms with Crippen molar-refractivity contribution in [2.75, 3.05) is 10.5 Å². The predicted octanol–water partition coefficient (Wildman–Crippen LogP) is 4.45. The maximum atomic E-state index is 12.4. The summed E-state index contributed by atoms with van der Waals surface area (Å²) in [5, 5.41) is 8.95. The standard InChI is InChI=1S/C21H27NO5S/c1-15(2)5-4-12-28(25,26)22-19-11-6-16(3)13-20(19)27-14-17-7-9-18(10-8-17)21(23)24/h6-11,13,15,22H,4-5,12,14H2,1-3H3,(H,23,24). The van der Waals surface area contributed by atoms with Gasteiger partial charge in [-0.15, -0.1) is 0 Å². The Hall–Kier alpha value is -2.54. The first-order valence-electron chi connectivity index (χ1n) is 9.22. The Kier molecular flexibility index (Phi) is 7.45. The summed E-state index contributed by atoms with van der Waals surface area (Å²) in [5.74, 6) is -0.0224. The van der Waals surface area contributed by atoms with Crippen LogP contribution < -0.4 is 9.46 Å². The van der Waals surface area contributed by atoms with Crippen molar-refractivity contribution >= 4 is 21.7 Å². The molecule has 0 bridgehead atoms. The Morgan fingerprint density at radius 3 is 2.43 bits per heavy atom. The van der Waals surface area contributed by atoms with Crippen molar-refractivity contribution in [1.29, 1.82) is 0 Å². The summed E-state index contributed by atoms with van der Waals surface area (Å²) in [7, 11) is -3.46. The third-order valence-corrected chi connectivity index (χ3v) is 5.55. The molecule has 0 aliphatic carbocycles. The van der Waals surface area contributed by atoms with Crippen LogP contribution in [-0.2, 0) is 16.6 Å². The van der Waals surface area contributed by atoms with Gasteiger partial charge in [-0.25, -0.2) is 13.2 Å². The molecule has 2 aromatic carbocycles. The van der Waals surface area contributed by atoms with Gasteiger partial charge in [0.05, 0.1) is 17.0 Å². The molecule has 0 spiro atoms. The summed E-state index contributed by atoms with van der Waals surface area (Å²) in [4.78, 5) is 10.9. The molecule has 152 valence electrons. The van der Waals surface area contributed by atoms with Crippen LogP contribution in [-0.4, -0.2) is 25.2 Å². The minimum Gasteiger partial charge on any atom is -0.487 e. The van der Waals surface area contributed by atoms with Crippen LogP contribution in [0.5, 0.6) is 5.75 Å². The third-order valence-electron chi connectivity index (χ3n) is 4.19. The lowest BCUT2D eigenvalue weighted by Gasteiger charge is -2.15. The number of aryl methyl sites for hydroxylation is 1. The molecule has 0 radical (unpaired) electrons. The topological polar surface area (TPSA) is 92.7 Å². The number of ether oxygens (including phenoxy) is 1. The fourth-order valence-corrected chi connectivity index (χ4v) is 3.79. The van der Waals surface area contributed by atoms with Crippen molar-refractivity contribution in [3.8, 4) is 5.75 Å². The second-order valence-electron chi connectivity index (χ2n) is 7.25. The highest BCUT2D eigenvalue weighted by atomic mass is 32.2. The van der Waals surface area contributed by atoms with E-state index in [1.165, 1.54) is 12.1 Å². The number of benzene rings is 2. The lowest BCUT2D eigenvalue weighted by atomic mass is 10.1. The lowest BCUT2D eigenvalue weighted by molar-refractivity contribution is 0.0697. The molecule has 0 unspecified atom stereocenters. The van der Waals surface area contributed by atoms with Gasteiger partial charge in [-0.2, -0.15) is 0 Å². The molecule has 0 amide bonds. The van der Waals surface area contributed by atoms with Gasteiger partial charge in [-0.1, -0.05) is 32.0 Å². The number of carbonyl (C=O) groups is 1. The van der Waals surface area contributed by atoms with E-state index in [0.717, 1.165) is 17.5 Å². The summed E-state index contributed by atoms with van der Waals surface area (Å²) >= 11 is 0. The van der Waals surface area contributed by atoms with Crippen molar-refractivity contribution in [2.24, 2.45) is 5.92 Å². The van der Waals surface area contributed by atoms with E-state index in [9.17, 15) is 13.2 Å². The molecule has 0 aromatic heterocycles. The molecule has 0 atom stereocenters. The maximum Gasteiger partial charge on any atom is 0.335 e. The third kappa shape index (κ3) is 6.88. The number of carboxylic acids is 1. The lowest BCUT2D eigenvalue weighted by Crippen LogP contribution is -2.17. The molecule has 2 N–H and O–H groups in total. The van der Waals surface area contributed by atoms with Crippen molar-refractivity contribution in [3.63, 3.8) is 0 Å². The van der Waals surface area contributed by atoms with E-state index in [0.29, 0.717) is 23.8 Å². The van der Waals surface area contributed by atoms with Crippen LogP contribution in [0.15, 0.2) is 42.5 Å². The monoisotopic (exact) mass is 405 g/mol. The Morgan fingerprint density at radius 1 is 1.14 bits per heavy atom. The molecule has 2 rings (SSSR count). The number of carboxylic acid groups (broad SMARTS) is 1. The van der Waals surface area contributed by atoms with Gasteiger partial charge in [-0.05, 0) is 61.1 Å². The molecular formula is C21H27NO5S. The van der Waals surface area contributed by atoms with Gasteiger partial charge >= 0.3 is 5.97 Å². The first-order chi connectivity index (χ1) is 13.2. The summed E-state index contributed by atoms with van der Waals surface area (Å²) in [6.45, 7) is 6.23. The smallest absolute Gasteiger partial charge is 0.335 e. The summed E-state index contributed by atoms with van der Waals surface area (Å²) in [6.07, 6.45) is 1.45. The van der Waals surface area contributed by atoms with Crippen molar-refractivity contribution in [1.82, 2.24) is 0 Å². The van der Waals surface area contributed by atoms with Gasteiger partial charge in [0, 0.05) is 0 Å². The number of hydrogen-bond acceptors (Lipinski definition) is 4. The van der Waals surface area contributed by atoms with Crippen LogP contribution in [0.25, 0.3) is 0 Å². The molecule has 0 heterocycles. The fraction of sp³-hybridized carbons (Fsp3) is 0.381. The highest BCUT2D eigenvalue weighted by Crippen LogP contribution is 2.28. The second-order valence-corrected chi connectivity index (χ2v) is 9.09. The number of nitrogens with one attached hydrogen (secondary N) is 1. The predicted molar refractivity (Wildman–Crippen MR) is 110 cm³/mol. The highest BCUT2D eigenvalue weighted by Gasteiger charge is 2.14. The molecule has 0 saturated heterocycles. The van der Waals surface area contributed by atoms with E-state index >= 15 is 0 Å². The molecule has 6 nitrogen and oxygen atoms in total. The SMILES string of the molecule is Cc1ccc(NS(=O)(=O)CCCC(C)C)c(OCc2ccc(C(=O)O)cc2)c1. The van der Waals surface area contributed by atoms with Crippen LogP contribution in [0.4, 0.5) is 5.69 Å². The average Bonchev–Trinajstić information content (AvgIpc) is 2.61. The Bertz CT molecular complexity index is 905. The van der Waals surface area contributed by atoms with E-state index in [4.69, 9.17) is 9.84 Å². The van der Waals surface area contributed by atoms with Crippen LogP contribution in [0.2, 0.25) is 0 Å². The molecular weight excluding hydrogens is 378 g/mol. The Morgan fingerprint density at radius 2 is 1.82 bits per heavy atom. The van der Waals surface area contributed by atoms with Crippen molar-refractivity contribution < 1.29 is 23.1 Å². The average molecular weight is 406 g/mol.